The third-order valence-corrected chi connectivity index (χ3v) is 4.07. The number of hydrogen-bond donors (Lipinski definition) is 0. The highest BCUT2D eigenvalue weighted by Crippen LogP contribution is 2.24. The molecule has 1 aliphatic rings. The summed E-state index contributed by atoms with van der Waals surface area (Å²) in [4.78, 5) is 14.5. The lowest BCUT2D eigenvalue weighted by molar-refractivity contribution is 0.0787. The molecule has 0 spiro atoms. The number of nitrogens with zero attached hydrogens (tertiary/aromatic N) is 4. The minimum atomic E-state index is 0.118. The van der Waals surface area contributed by atoms with Crippen molar-refractivity contribution in [2.75, 3.05) is 13.1 Å². The van der Waals surface area contributed by atoms with Crippen LogP contribution in [0.2, 0.25) is 0 Å². The van der Waals surface area contributed by atoms with Crippen molar-refractivity contribution in [3.05, 3.63) is 47.5 Å². The predicted molar refractivity (Wildman–Crippen MR) is 80.1 cm³/mol. The lowest BCUT2D eigenvalue weighted by Gasteiger charge is -2.18. The van der Waals surface area contributed by atoms with Gasteiger partial charge in [-0.05, 0) is 25.5 Å². The summed E-state index contributed by atoms with van der Waals surface area (Å²) >= 11 is 0. The SMILES string of the molecule is CCc1nncn1C1CCN(C(=O)c2cccc(C)c2)C1. The first-order valence-corrected chi connectivity index (χ1v) is 7.43. The lowest BCUT2D eigenvalue weighted by atomic mass is 10.1. The molecular formula is C16H20N4O. The molecule has 1 atom stereocenters. The fourth-order valence-electron chi connectivity index (χ4n) is 2.94. The monoisotopic (exact) mass is 284 g/mol. The van der Waals surface area contributed by atoms with Crippen molar-refractivity contribution >= 4 is 5.91 Å². The third kappa shape index (κ3) is 2.68. The van der Waals surface area contributed by atoms with E-state index in [0.29, 0.717) is 6.04 Å². The molecule has 5 nitrogen and oxygen atoms in total. The quantitative estimate of drug-likeness (QED) is 0.868. The van der Waals surface area contributed by atoms with Gasteiger partial charge in [-0.2, -0.15) is 0 Å². The van der Waals surface area contributed by atoms with Gasteiger partial charge in [0.05, 0.1) is 6.04 Å². The highest BCUT2D eigenvalue weighted by Gasteiger charge is 2.29. The number of aryl methyl sites for hydroxylation is 2. The molecule has 1 aromatic carbocycles. The molecule has 3 rings (SSSR count). The van der Waals surface area contributed by atoms with Crippen LogP contribution in [-0.2, 0) is 6.42 Å². The molecule has 1 amide bonds. The van der Waals surface area contributed by atoms with Crippen LogP contribution in [0.3, 0.4) is 0 Å². The zero-order chi connectivity index (χ0) is 14.8. The molecule has 21 heavy (non-hydrogen) atoms. The first kappa shape index (κ1) is 13.8. The van der Waals surface area contributed by atoms with Gasteiger partial charge in [-0.1, -0.05) is 24.6 Å². The van der Waals surface area contributed by atoms with E-state index < -0.39 is 0 Å². The second-order valence-corrected chi connectivity index (χ2v) is 5.57. The average Bonchev–Trinajstić information content (AvgIpc) is 3.14. The van der Waals surface area contributed by atoms with Crippen LogP contribution < -0.4 is 0 Å². The second-order valence-electron chi connectivity index (χ2n) is 5.57. The molecule has 2 heterocycles. The maximum atomic E-state index is 12.6. The van der Waals surface area contributed by atoms with Crippen LogP contribution in [0.5, 0.6) is 0 Å². The first-order valence-electron chi connectivity index (χ1n) is 7.43. The van der Waals surface area contributed by atoms with E-state index in [4.69, 9.17) is 0 Å². The molecule has 1 saturated heterocycles. The minimum absolute atomic E-state index is 0.118. The second kappa shape index (κ2) is 5.68. The van der Waals surface area contributed by atoms with Crippen molar-refractivity contribution in [3.8, 4) is 0 Å². The van der Waals surface area contributed by atoms with Crippen molar-refractivity contribution in [3.63, 3.8) is 0 Å². The summed E-state index contributed by atoms with van der Waals surface area (Å²) in [6.07, 6.45) is 3.61. The third-order valence-electron chi connectivity index (χ3n) is 4.07. The Bertz CT molecular complexity index is 649. The van der Waals surface area contributed by atoms with Crippen molar-refractivity contribution in [2.24, 2.45) is 0 Å². The Morgan fingerprint density at radius 3 is 3.05 bits per heavy atom. The molecule has 0 saturated carbocycles. The topological polar surface area (TPSA) is 51.0 Å². The van der Waals surface area contributed by atoms with E-state index in [9.17, 15) is 4.79 Å². The van der Waals surface area contributed by atoms with E-state index in [1.807, 2.05) is 36.1 Å². The van der Waals surface area contributed by atoms with Crippen LogP contribution in [-0.4, -0.2) is 38.7 Å². The van der Waals surface area contributed by atoms with Crippen LogP contribution in [0, 0.1) is 6.92 Å². The van der Waals surface area contributed by atoms with Crippen LogP contribution in [0.15, 0.2) is 30.6 Å². The summed E-state index contributed by atoms with van der Waals surface area (Å²) < 4.78 is 2.11. The Morgan fingerprint density at radius 1 is 1.43 bits per heavy atom. The molecule has 0 bridgehead atoms. The maximum Gasteiger partial charge on any atom is 0.253 e. The van der Waals surface area contributed by atoms with Gasteiger partial charge < -0.3 is 9.47 Å². The van der Waals surface area contributed by atoms with E-state index >= 15 is 0 Å². The van der Waals surface area contributed by atoms with Crippen LogP contribution in [0.25, 0.3) is 0 Å². The largest absolute Gasteiger partial charge is 0.336 e. The summed E-state index contributed by atoms with van der Waals surface area (Å²) in [6.45, 7) is 5.61. The Hall–Kier alpha value is -2.17. The minimum Gasteiger partial charge on any atom is -0.336 e. The molecular weight excluding hydrogens is 264 g/mol. The zero-order valence-electron chi connectivity index (χ0n) is 12.5. The standard InChI is InChI=1S/C16H20N4O/c1-3-15-18-17-11-20(15)14-7-8-19(10-14)16(21)13-6-4-5-12(2)9-13/h4-6,9,11,14H,3,7-8,10H2,1-2H3. The molecule has 1 aliphatic heterocycles. The Balaban J connectivity index is 1.74. The molecule has 5 heteroatoms. The fourth-order valence-corrected chi connectivity index (χ4v) is 2.94. The summed E-state index contributed by atoms with van der Waals surface area (Å²) in [6, 6.07) is 8.08. The van der Waals surface area contributed by atoms with Gasteiger partial charge in [-0.15, -0.1) is 10.2 Å². The van der Waals surface area contributed by atoms with Gasteiger partial charge in [0, 0.05) is 25.1 Å². The molecule has 2 aromatic rings. The molecule has 1 aromatic heterocycles. The molecule has 0 radical (unpaired) electrons. The van der Waals surface area contributed by atoms with Gasteiger partial charge in [0.1, 0.15) is 12.2 Å². The Kier molecular flexibility index (Phi) is 3.73. The zero-order valence-corrected chi connectivity index (χ0v) is 12.5. The number of benzene rings is 1. The van der Waals surface area contributed by atoms with Crippen molar-refractivity contribution in [1.82, 2.24) is 19.7 Å². The van der Waals surface area contributed by atoms with E-state index in [-0.39, 0.29) is 5.91 Å². The van der Waals surface area contributed by atoms with Crippen molar-refractivity contribution in [2.45, 2.75) is 32.7 Å². The number of hydrogen-bond acceptors (Lipinski definition) is 3. The van der Waals surface area contributed by atoms with Gasteiger partial charge >= 0.3 is 0 Å². The number of carbonyl (C=O) groups is 1. The molecule has 0 N–H and O–H groups in total. The van der Waals surface area contributed by atoms with Crippen molar-refractivity contribution < 1.29 is 4.79 Å². The Labute approximate surface area is 124 Å². The number of rotatable bonds is 3. The number of likely N-dealkylation sites (tertiary alicyclic amines) is 1. The van der Waals surface area contributed by atoms with Gasteiger partial charge in [0.15, 0.2) is 0 Å². The first-order chi connectivity index (χ1) is 10.2. The van der Waals surface area contributed by atoms with Crippen molar-refractivity contribution in [1.29, 1.82) is 0 Å². The summed E-state index contributed by atoms with van der Waals surface area (Å²) in [5, 5.41) is 8.12. The van der Waals surface area contributed by atoms with Gasteiger partial charge in [0.2, 0.25) is 0 Å². The lowest BCUT2D eigenvalue weighted by Crippen LogP contribution is -2.29. The van der Waals surface area contributed by atoms with Crippen LogP contribution in [0.1, 0.15) is 41.1 Å². The normalized spacial score (nSPS) is 18.2. The predicted octanol–water partition coefficient (Wildman–Crippen LogP) is 2.24. The summed E-state index contributed by atoms with van der Waals surface area (Å²) in [5.41, 5.74) is 1.89. The summed E-state index contributed by atoms with van der Waals surface area (Å²) in [5.74, 6) is 1.11. The van der Waals surface area contributed by atoms with E-state index in [0.717, 1.165) is 42.9 Å². The fraction of sp³-hybridized carbons (Fsp3) is 0.438. The van der Waals surface area contributed by atoms with Crippen LogP contribution in [0.4, 0.5) is 0 Å². The van der Waals surface area contributed by atoms with E-state index in [2.05, 4.69) is 21.7 Å². The maximum absolute atomic E-state index is 12.6. The number of carbonyl (C=O) groups excluding carboxylic acids is 1. The average molecular weight is 284 g/mol. The molecule has 0 aliphatic carbocycles. The van der Waals surface area contributed by atoms with E-state index in [1.54, 1.807) is 6.33 Å². The highest BCUT2D eigenvalue weighted by atomic mass is 16.2. The van der Waals surface area contributed by atoms with Gasteiger partial charge in [0.25, 0.3) is 5.91 Å². The molecule has 110 valence electrons. The van der Waals surface area contributed by atoms with E-state index in [1.165, 1.54) is 0 Å². The number of amides is 1. The molecule has 1 fully saturated rings. The Morgan fingerprint density at radius 2 is 2.29 bits per heavy atom. The van der Waals surface area contributed by atoms with Crippen LogP contribution >= 0.6 is 0 Å². The number of aromatic nitrogens is 3. The highest BCUT2D eigenvalue weighted by molar-refractivity contribution is 5.94. The van der Waals surface area contributed by atoms with Gasteiger partial charge in [-0.25, -0.2) is 0 Å². The van der Waals surface area contributed by atoms with Gasteiger partial charge in [-0.3, -0.25) is 4.79 Å². The smallest absolute Gasteiger partial charge is 0.253 e. The molecule has 1 unspecified atom stereocenters. The summed E-state index contributed by atoms with van der Waals surface area (Å²) in [7, 11) is 0.